The van der Waals surface area contributed by atoms with Gasteiger partial charge in [0.05, 0.1) is 5.69 Å². The number of carbonyl (C=O) groups is 2. The standard InChI is InChI=1S/C12H16N2O3S/c13-9-5-6-18-11(9)12(16)17-7-10(15)14-8-3-1-2-4-8/h5-6,8H,1-4,7,13H2,(H,14,15). The third kappa shape index (κ3) is 3.22. The summed E-state index contributed by atoms with van der Waals surface area (Å²) in [5, 5.41) is 4.56. The normalized spacial score (nSPS) is 15.6. The largest absolute Gasteiger partial charge is 0.451 e. The molecular weight excluding hydrogens is 252 g/mol. The molecule has 3 N–H and O–H groups in total. The highest BCUT2D eigenvalue weighted by molar-refractivity contribution is 7.12. The van der Waals surface area contributed by atoms with Crippen LogP contribution in [0.2, 0.25) is 0 Å². The van der Waals surface area contributed by atoms with Crippen LogP contribution in [0.5, 0.6) is 0 Å². The maximum atomic E-state index is 11.6. The average Bonchev–Trinajstić information content (AvgIpc) is 2.97. The van der Waals surface area contributed by atoms with E-state index in [1.54, 1.807) is 11.4 Å². The van der Waals surface area contributed by atoms with Crippen LogP contribution in [0.4, 0.5) is 5.69 Å². The van der Waals surface area contributed by atoms with Gasteiger partial charge < -0.3 is 15.8 Å². The second-order valence-corrected chi connectivity index (χ2v) is 5.25. The Morgan fingerprint density at radius 3 is 2.78 bits per heavy atom. The number of anilines is 1. The molecule has 0 unspecified atom stereocenters. The molecular formula is C12H16N2O3S. The minimum absolute atomic E-state index is 0.239. The molecule has 6 heteroatoms. The van der Waals surface area contributed by atoms with Gasteiger partial charge in [-0.15, -0.1) is 11.3 Å². The van der Waals surface area contributed by atoms with Gasteiger partial charge >= 0.3 is 5.97 Å². The molecule has 5 nitrogen and oxygen atoms in total. The molecule has 0 radical (unpaired) electrons. The van der Waals surface area contributed by atoms with Crippen molar-refractivity contribution in [2.75, 3.05) is 12.3 Å². The zero-order valence-electron chi connectivity index (χ0n) is 9.98. The summed E-state index contributed by atoms with van der Waals surface area (Å²) in [5.74, 6) is -0.783. The summed E-state index contributed by atoms with van der Waals surface area (Å²) in [4.78, 5) is 23.5. The van der Waals surface area contributed by atoms with Crippen molar-refractivity contribution in [2.24, 2.45) is 0 Å². The number of thiophene rings is 1. The number of nitrogen functional groups attached to an aromatic ring is 1. The summed E-state index contributed by atoms with van der Waals surface area (Å²) < 4.78 is 4.92. The monoisotopic (exact) mass is 268 g/mol. The predicted molar refractivity (Wildman–Crippen MR) is 69.4 cm³/mol. The highest BCUT2D eigenvalue weighted by Gasteiger charge is 2.19. The van der Waals surface area contributed by atoms with Gasteiger partial charge in [0, 0.05) is 6.04 Å². The van der Waals surface area contributed by atoms with Crippen molar-refractivity contribution in [1.82, 2.24) is 5.32 Å². The van der Waals surface area contributed by atoms with Crippen molar-refractivity contribution in [3.63, 3.8) is 0 Å². The van der Waals surface area contributed by atoms with Crippen LogP contribution in [0.3, 0.4) is 0 Å². The third-order valence-corrected chi connectivity index (χ3v) is 3.85. The Morgan fingerprint density at radius 1 is 1.44 bits per heavy atom. The van der Waals surface area contributed by atoms with Gasteiger partial charge in [-0.3, -0.25) is 4.79 Å². The van der Waals surface area contributed by atoms with E-state index in [2.05, 4.69) is 5.32 Å². The smallest absolute Gasteiger partial charge is 0.350 e. The summed E-state index contributed by atoms with van der Waals surface area (Å²) in [7, 11) is 0. The molecule has 1 fully saturated rings. The van der Waals surface area contributed by atoms with Gasteiger partial charge in [-0.05, 0) is 24.3 Å². The first-order chi connectivity index (χ1) is 8.66. The predicted octanol–water partition coefficient (Wildman–Crippen LogP) is 1.55. The van der Waals surface area contributed by atoms with Crippen LogP contribution < -0.4 is 11.1 Å². The fourth-order valence-corrected chi connectivity index (χ4v) is 2.73. The Morgan fingerprint density at radius 2 is 2.17 bits per heavy atom. The minimum atomic E-state index is -0.538. The zero-order chi connectivity index (χ0) is 13.0. The first kappa shape index (κ1) is 12.9. The Balaban J connectivity index is 1.75. The summed E-state index contributed by atoms with van der Waals surface area (Å²) in [6, 6.07) is 1.88. The molecule has 1 saturated carbocycles. The quantitative estimate of drug-likeness (QED) is 0.812. The number of hydrogen-bond donors (Lipinski definition) is 2. The summed E-state index contributed by atoms with van der Waals surface area (Å²) in [6.07, 6.45) is 4.32. The van der Waals surface area contributed by atoms with E-state index in [1.165, 1.54) is 11.3 Å². The molecule has 1 amide bonds. The number of hydrogen-bond acceptors (Lipinski definition) is 5. The summed E-state index contributed by atoms with van der Waals surface area (Å²) in [5.41, 5.74) is 5.98. The van der Waals surface area contributed by atoms with Gasteiger partial charge in [0.2, 0.25) is 0 Å². The van der Waals surface area contributed by atoms with E-state index >= 15 is 0 Å². The van der Waals surface area contributed by atoms with Crippen molar-refractivity contribution in [1.29, 1.82) is 0 Å². The lowest BCUT2D eigenvalue weighted by Crippen LogP contribution is -2.35. The van der Waals surface area contributed by atoms with E-state index in [-0.39, 0.29) is 18.6 Å². The highest BCUT2D eigenvalue weighted by atomic mass is 32.1. The lowest BCUT2D eigenvalue weighted by molar-refractivity contribution is -0.124. The molecule has 0 aliphatic heterocycles. The van der Waals surface area contributed by atoms with E-state index in [0.29, 0.717) is 10.6 Å². The zero-order valence-corrected chi connectivity index (χ0v) is 10.8. The fourth-order valence-electron chi connectivity index (χ4n) is 2.02. The van der Waals surface area contributed by atoms with Crippen molar-refractivity contribution in [3.8, 4) is 0 Å². The van der Waals surface area contributed by atoms with Gasteiger partial charge in [-0.25, -0.2) is 4.79 Å². The van der Waals surface area contributed by atoms with Crippen molar-refractivity contribution in [3.05, 3.63) is 16.3 Å². The van der Waals surface area contributed by atoms with Gasteiger partial charge in [0.15, 0.2) is 6.61 Å². The van der Waals surface area contributed by atoms with Crippen LogP contribution in [0, 0.1) is 0 Å². The molecule has 0 spiro atoms. The second-order valence-electron chi connectivity index (χ2n) is 4.33. The molecule has 0 atom stereocenters. The molecule has 1 aromatic rings. The molecule has 1 aliphatic carbocycles. The SMILES string of the molecule is Nc1ccsc1C(=O)OCC(=O)NC1CCCC1. The van der Waals surface area contributed by atoms with Crippen LogP contribution in [0.25, 0.3) is 0 Å². The summed E-state index contributed by atoms with van der Waals surface area (Å²) in [6.45, 7) is -0.243. The lowest BCUT2D eigenvalue weighted by Gasteiger charge is -2.11. The van der Waals surface area contributed by atoms with E-state index < -0.39 is 5.97 Å². The van der Waals surface area contributed by atoms with Crippen LogP contribution in [-0.2, 0) is 9.53 Å². The topological polar surface area (TPSA) is 81.4 Å². The fraction of sp³-hybridized carbons (Fsp3) is 0.500. The van der Waals surface area contributed by atoms with E-state index in [9.17, 15) is 9.59 Å². The Hall–Kier alpha value is -1.56. The van der Waals surface area contributed by atoms with Crippen LogP contribution in [0.15, 0.2) is 11.4 Å². The van der Waals surface area contributed by atoms with E-state index in [4.69, 9.17) is 10.5 Å². The maximum Gasteiger partial charge on any atom is 0.350 e. The van der Waals surface area contributed by atoms with Crippen LogP contribution >= 0.6 is 11.3 Å². The molecule has 2 rings (SSSR count). The molecule has 0 aromatic carbocycles. The first-order valence-electron chi connectivity index (χ1n) is 5.96. The minimum Gasteiger partial charge on any atom is -0.451 e. The van der Waals surface area contributed by atoms with Crippen LogP contribution in [0.1, 0.15) is 35.4 Å². The molecule has 18 heavy (non-hydrogen) atoms. The Labute approximate surface area is 109 Å². The lowest BCUT2D eigenvalue weighted by atomic mass is 10.2. The molecule has 0 saturated heterocycles. The summed E-state index contributed by atoms with van der Waals surface area (Å²) >= 11 is 1.21. The molecule has 0 bridgehead atoms. The molecule has 1 aliphatic rings. The Bertz CT molecular complexity index is 438. The number of nitrogens with two attached hydrogens (primary N) is 1. The number of nitrogens with one attached hydrogen (secondary N) is 1. The molecule has 98 valence electrons. The number of amides is 1. The van der Waals surface area contributed by atoms with Gasteiger partial charge in [0.25, 0.3) is 5.91 Å². The average molecular weight is 268 g/mol. The Kier molecular flexibility index (Phi) is 4.19. The van der Waals surface area contributed by atoms with E-state index in [0.717, 1.165) is 25.7 Å². The second kappa shape index (κ2) is 5.86. The van der Waals surface area contributed by atoms with Gasteiger partial charge in [0.1, 0.15) is 4.88 Å². The third-order valence-electron chi connectivity index (χ3n) is 2.94. The van der Waals surface area contributed by atoms with Crippen molar-refractivity contribution in [2.45, 2.75) is 31.7 Å². The van der Waals surface area contributed by atoms with E-state index in [1.807, 2.05) is 0 Å². The highest BCUT2D eigenvalue weighted by Crippen LogP contribution is 2.20. The number of esters is 1. The maximum absolute atomic E-state index is 11.6. The van der Waals surface area contributed by atoms with Gasteiger partial charge in [-0.2, -0.15) is 0 Å². The first-order valence-corrected chi connectivity index (χ1v) is 6.84. The van der Waals surface area contributed by atoms with Crippen molar-refractivity contribution >= 4 is 28.9 Å². The number of ether oxygens (including phenoxy) is 1. The number of rotatable bonds is 4. The van der Waals surface area contributed by atoms with Gasteiger partial charge in [-0.1, -0.05) is 12.8 Å². The molecule has 1 heterocycles. The molecule has 1 aromatic heterocycles. The van der Waals surface area contributed by atoms with Crippen LogP contribution in [-0.4, -0.2) is 24.5 Å². The number of carbonyl (C=O) groups excluding carboxylic acids is 2. The van der Waals surface area contributed by atoms with Crippen molar-refractivity contribution < 1.29 is 14.3 Å².